The molecule has 1 N–H and O–H groups in total. The number of nitro benzene ring substituents is 1. The van der Waals surface area contributed by atoms with E-state index in [0.29, 0.717) is 24.2 Å². The van der Waals surface area contributed by atoms with E-state index in [9.17, 15) is 31.7 Å². The molecule has 8 nitrogen and oxygen atoms in total. The van der Waals surface area contributed by atoms with Gasteiger partial charge in [0, 0.05) is 24.4 Å². The Balaban J connectivity index is 2.52. The third-order valence-corrected chi connectivity index (χ3v) is 5.92. The van der Waals surface area contributed by atoms with E-state index in [1.54, 1.807) is 18.7 Å². The number of alkyl halides is 3. The molecule has 0 radical (unpaired) electrons. The van der Waals surface area contributed by atoms with E-state index in [2.05, 4.69) is 10.4 Å². The van der Waals surface area contributed by atoms with E-state index in [-0.39, 0.29) is 5.69 Å². The summed E-state index contributed by atoms with van der Waals surface area (Å²) in [6.45, 7) is 5.44. The van der Waals surface area contributed by atoms with Crippen LogP contribution in [0.1, 0.15) is 36.3 Å². The minimum atomic E-state index is -5.69. The van der Waals surface area contributed by atoms with Gasteiger partial charge in [-0.15, -0.1) is 0 Å². The van der Waals surface area contributed by atoms with Gasteiger partial charge in [-0.1, -0.05) is 6.92 Å². The van der Waals surface area contributed by atoms with Crippen molar-refractivity contribution in [2.24, 2.45) is 7.05 Å². The first kappa shape index (κ1) is 21.7. The number of nitrogens with one attached hydrogen (secondary N) is 1. The maximum absolute atomic E-state index is 12.7. The van der Waals surface area contributed by atoms with Crippen molar-refractivity contribution in [3.63, 3.8) is 0 Å². The second-order valence-electron chi connectivity index (χ2n) is 6.20. The number of nitrogens with zero attached hydrogens (tertiary/aromatic N) is 3. The standard InChI is InChI=1S/C16H19F3N4O4S/c1-5-12(15-9(2)21-22(4)10(15)3)20-13-7-6-11(8-14(13)23(24)25)28(26,27)16(17,18)19/h6-8,12,20H,5H2,1-4H3. The van der Waals surface area contributed by atoms with Gasteiger partial charge in [0.25, 0.3) is 15.5 Å². The largest absolute Gasteiger partial charge is 0.501 e. The van der Waals surface area contributed by atoms with E-state index in [0.717, 1.165) is 17.3 Å². The van der Waals surface area contributed by atoms with Crippen LogP contribution in [0, 0.1) is 24.0 Å². The van der Waals surface area contributed by atoms with Gasteiger partial charge in [0.2, 0.25) is 0 Å². The maximum atomic E-state index is 12.7. The minimum Gasteiger partial charge on any atom is -0.373 e. The Morgan fingerprint density at radius 2 is 1.93 bits per heavy atom. The Labute approximate surface area is 159 Å². The number of halogens is 3. The lowest BCUT2D eigenvalue weighted by Crippen LogP contribution is -2.23. The van der Waals surface area contributed by atoms with Crippen LogP contribution in [0.15, 0.2) is 23.1 Å². The van der Waals surface area contributed by atoms with E-state index >= 15 is 0 Å². The summed E-state index contributed by atoms with van der Waals surface area (Å²) < 4.78 is 63.0. The fourth-order valence-corrected chi connectivity index (χ4v) is 3.73. The van der Waals surface area contributed by atoms with Gasteiger partial charge in [0.05, 0.1) is 21.6 Å². The quantitative estimate of drug-likeness (QED) is 0.563. The SMILES string of the molecule is CCC(Nc1ccc(S(=O)(=O)C(F)(F)F)cc1[N+](=O)[O-])c1c(C)nn(C)c1C. The molecule has 2 rings (SSSR count). The Hall–Kier alpha value is -2.63. The predicted octanol–water partition coefficient (Wildman–Crippen LogP) is 3.80. The molecule has 0 spiro atoms. The smallest absolute Gasteiger partial charge is 0.373 e. The summed E-state index contributed by atoms with van der Waals surface area (Å²) in [4.78, 5) is 9.26. The molecule has 28 heavy (non-hydrogen) atoms. The van der Waals surface area contributed by atoms with Gasteiger partial charge in [0.1, 0.15) is 5.69 Å². The normalized spacial score (nSPS) is 13.4. The lowest BCUT2D eigenvalue weighted by molar-refractivity contribution is -0.384. The molecule has 154 valence electrons. The average molecular weight is 420 g/mol. The highest BCUT2D eigenvalue weighted by atomic mass is 32.2. The van der Waals surface area contributed by atoms with Crippen LogP contribution >= 0.6 is 0 Å². The molecule has 0 aliphatic heterocycles. The summed E-state index contributed by atoms with van der Waals surface area (Å²) in [5.41, 5.74) is -4.05. The Kier molecular flexibility index (Phi) is 5.74. The molecular weight excluding hydrogens is 401 g/mol. The summed E-state index contributed by atoms with van der Waals surface area (Å²) in [6.07, 6.45) is 0.507. The molecule has 1 aromatic heterocycles. The summed E-state index contributed by atoms with van der Waals surface area (Å²) in [5.74, 6) is 0. The van der Waals surface area contributed by atoms with Crippen LogP contribution in [0.5, 0.6) is 0 Å². The van der Waals surface area contributed by atoms with Crippen LogP contribution in [0.25, 0.3) is 0 Å². The van der Waals surface area contributed by atoms with E-state index < -0.39 is 36.9 Å². The number of sulfone groups is 1. The number of aromatic nitrogens is 2. The molecule has 0 saturated carbocycles. The predicted molar refractivity (Wildman–Crippen MR) is 95.7 cm³/mol. The van der Waals surface area contributed by atoms with Crippen LogP contribution in [0.4, 0.5) is 24.5 Å². The zero-order valence-corrected chi connectivity index (χ0v) is 16.3. The van der Waals surface area contributed by atoms with Gasteiger partial charge in [0.15, 0.2) is 0 Å². The van der Waals surface area contributed by atoms with Crippen molar-refractivity contribution < 1.29 is 26.5 Å². The topological polar surface area (TPSA) is 107 Å². The molecule has 0 saturated heterocycles. The lowest BCUT2D eigenvalue weighted by Gasteiger charge is -2.19. The van der Waals surface area contributed by atoms with Crippen molar-refractivity contribution in [1.29, 1.82) is 0 Å². The van der Waals surface area contributed by atoms with Crippen molar-refractivity contribution in [3.05, 3.63) is 45.3 Å². The molecule has 1 atom stereocenters. The van der Waals surface area contributed by atoms with Crippen LogP contribution in [-0.4, -0.2) is 28.6 Å². The molecule has 1 heterocycles. The molecule has 1 aromatic carbocycles. The van der Waals surface area contributed by atoms with Gasteiger partial charge >= 0.3 is 5.51 Å². The second-order valence-corrected chi connectivity index (χ2v) is 8.14. The van der Waals surface area contributed by atoms with Crippen molar-refractivity contribution in [1.82, 2.24) is 9.78 Å². The van der Waals surface area contributed by atoms with Crippen LogP contribution in [0.2, 0.25) is 0 Å². The molecule has 0 fully saturated rings. The van der Waals surface area contributed by atoms with Crippen molar-refractivity contribution in [2.75, 3.05) is 5.32 Å². The number of rotatable bonds is 6. The number of benzene rings is 1. The van der Waals surface area contributed by atoms with E-state index in [1.165, 1.54) is 0 Å². The second kappa shape index (κ2) is 7.41. The number of hydrogen-bond acceptors (Lipinski definition) is 6. The Morgan fingerprint density at radius 1 is 1.32 bits per heavy atom. The first-order valence-corrected chi connectivity index (χ1v) is 9.66. The highest BCUT2D eigenvalue weighted by molar-refractivity contribution is 7.92. The van der Waals surface area contributed by atoms with Gasteiger partial charge in [-0.25, -0.2) is 8.42 Å². The third kappa shape index (κ3) is 3.81. The zero-order chi connectivity index (χ0) is 21.4. The molecule has 1 unspecified atom stereocenters. The number of aryl methyl sites for hydroxylation is 2. The molecule has 0 amide bonds. The van der Waals surface area contributed by atoms with E-state index in [4.69, 9.17) is 0 Å². The molecule has 2 aromatic rings. The zero-order valence-electron chi connectivity index (χ0n) is 15.5. The third-order valence-electron chi connectivity index (χ3n) is 4.43. The monoisotopic (exact) mass is 420 g/mol. The van der Waals surface area contributed by atoms with Crippen molar-refractivity contribution in [2.45, 2.75) is 43.6 Å². The summed E-state index contributed by atoms with van der Waals surface area (Å²) in [7, 11) is -3.94. The molecule has 0 aliphatic carbocycles. The summed E-state index contributed by atoms with van der Waals surface area (Å²) in [5, 5.41) is 18.6. The van der Waals surface area contributed by atoms with Crippen LogP contribution < -0.4 is 5.32 Å². The van der Waals surface area contributed by atoms with E-state index in [1.807, 2.05) is 13.8 Å². The first-order valence-electron chi connectivity index (χ1n) is 8.17. The minimum absolute atomic E-state index is 0.0828. The Morgan fingerprint density at radius 3 is 2.36 bits per heavy atom. The van der Waals surface area contributed by atoms with Gasteiger partial charge in [-0.3, -0.25) is 14.8 Å². The van der Waals surface area contributed by atoms with Crippen molar-refractivity contribution in [3.8, 4) is 0 Å². The number of nitro groups is 1. The van der Waals surface area contributed by atoms with Gasteiger partial charge in [-0.2, -0.15) is 18.3 Å². The maximum Gasteiger partial charge on any atom is 0.501 e. The molecular formula is C16H19F3N4O4S. The summed E-state index contributed by atoms with van der Waals surface area (Å²) in [6, 6.07) is 1.69. The highest BCUT2D eigenvalue weighted by Crippen LogP contribution is 2.37. The van der Waals surface area contributed by atoms with Crippen LogP contribution in [-0.2, 0) is 16.9 Å². The first-order chi connectivity index (χ1) is 12.8. The lowest BCUT2D eigenvalue weighted by atomic mass is 10.0. The molecule has 0 bridgehead atoms. The number of hydrogen-bond donors (Lipinski definition) is 1. The Bertz CT molecular complexity index is 1020. The fraction of sp³-hybridized carbons (Fsp3) is 0.438. The van der Waals surface area contributed by atoms with Gasteiger partial charge < -0.3 is 5.32 Å². The van der Waals surface area contributed by atoms with Crippen LogP contribution in [0.3, 0.4) is 0 Å². The molecule has 0 aliphatic rings. The highest BCUT2D eigenvalue weighted by Gasteiger charge is 2.47. The number of anilines is 1. The average Bonchev–Trinajstić information content (AvgIpc) is 2.84. The molecule has 12 heteroatoms. The summed E-state index contributed by atoms with van der Waals surface area (Å²) >= 11 is 0. The fourth-order valence-electron chi connectivity index (χ4n) is 2.95. The van der Waals surface area contributed by atoms with Gasteiger partial charge in [-0.05, 0) is 32.4 Å². The van der Waals surface area contributed by atoms with Crippen molar-refractivity contribution >= 4 is 21.2 Å².